The zero-order chi connectivity index (χ0) is 23.4. The smallest absolute Gasteiger partial charge is 0.303 e. The highest BCUT2D eigenvalue weighted by molar-refractivity contribution is 8.18. The van der Waals surface area contributed by atoms with Crippen LogP contribution in [-0.4, -0.2) is 69.8 Å². The van der Waals surface area contributed by atoms with Gasteiger partial charge in [0.1, 0.15) is 5.82 Å². The first-order valence-electron chi connectivity index (χ1n) is 11.8. The zero-order valence-electron chi connectivity index (χ0n) is 19.1. The molecule has 9 nitrogen and oxygen atoms in total. The van der Waals surface area contributed by atoms with Gasteiger partial charge in [0, 0.05) is 44.7 Å². The Kier molecular flexibility index (Phi) is 7.52. The quantitative estimate of drug-likeness (QED) is 0.594. The molecule has 0 bridgehead atoms. The molecule has 1 N–H and O–H groups in total. The van der Waals surface area contributed by atoms with E-state index < -0.39 is 5.97 Å². The van der Waals surface area contributed by atoms with E-state index in [9.17, 15) is 14.4 Å². The van der Waals surface area contributed by atoms with Crippen LogP contribution in [0.3, 0.4) is 0 Å². The molecule has 0 aliphatic carbocycles. The van der Waals surface area contributed by atoms with Gasteiger partial charge in [-0.1, -0.05) is 0 Å². The Morgan fingerprint density at radius 3 is 2.27 bits per heavy atom. The number of aromatic nitrogens is 2. The SMILES string of the molecule is Cc1nc(N2CCCCC2)nc(N2CCCCC2)c1C=C1SC(=O)N(CCCC(=O)O)C1=O. The molecule has 1 aromatic heterocycles. The normalized spacial score (nSPS) is 20.8. The van der Waals surface area contributed by atoms with Gasteiger partial charge in [0.15, 0.2) is 0 Å². The molecule has 4 rings (SSSR count). The highest BCUT2D eigenvalue weighted by Gasteiger charge is 2.35. The Bertz CT molecular complexity index is 954. The van der Waals surface area contributed by atoms with Crippen molar-refractivity contribution in [2.75, 3.05) is 42.5 Å². The Morgan fingerprint density at radius 2 is 1.64 bits per heavy atom. The largest absolute Gasteiger partial charge is 0.481 e. The summed E-state index contributed by atoms with van der Waals surface area (Å²) in [5, 5.41) is 8.48. The van der Waals surface area contributed by atoms with E-state index in [-0.39, 0.29) is 30.5 Å². The Labute approximate surface area is 198 Å². The molecule has 3 fully saturated rings. The van der Waals surface area contributed by atoms with Crippen molar-refractivity contribution in [2.45, 2.75) is 58.3 Å². The lowest BCUT2D eigenvalue weighted by Crippen LogP contribution is -2.34. The van der Waals surface area contributed by atoms with Gasteiger partial charge in [0.05, 0.1) is 10.6 Å². The van der Waals surface area contributed by atoms with Gasteiger partial charge in [-0.15, -0.1) is 0 Å². The molecule has 0 saturated carbocycles. The number of imide groups is 1. The third-order valence-electron chi connectivity index (χ3n) is 6.32. The second-order valence-electron chi connectivity index (χ2n) is 8.77. The van der Waals surface area contributed by atoms with Crippen molar-refractivity contribution in [1.29, 1.82) is 0 Å². The number of aryl methyl sites for hydroxylation is 1. The Morgan fingerprint density at radius 1 is 1.00 bits per heavy atom. The topological polar surface area (TPSA) is 107 Å². The summed E-state index contributed by atoms with van der Waals surface area (Å²) in [5.74, 6) is 0.261. The molecule has 0 radical (unpaired) electrons. The monoisotopic (exact) mass is 473 g/mol. The number of amides is 2. The Hall–Kier alpha value is -2.62. The van der Waals surface area contributed by atoms with Crippen molar-refractivity contribution in [3.63, 3.8) is 0 Å². The maximum atomic E-state index is 12.9. The number of thioether (sulfide) groups is 1. The maximum Gasteiger partial charge on any atom is 0.303 e. The van der Waals surface area contributed by atoms with E-state index in [4.69, 9.17) is 15.1 Å². The van der Waals surface area contributed by atoms with Crippen LogP contribution in [0.2, 0.25) is 0 Å². The number of aliphatic carboxylic acids is 1. The molecule has 3 aliphatic heterocycles. The summed E-state index contributed by atoms with van der Waals surface area (Å²) in [6.07, 6.45) is 8.82. The molecule has 33 heavy (non-hydrogen) atoms. The fourth-order valence-corrected chi connectivity index (χ4v) is 5.36. The van der Waals surface area contributed by atoms with Crippen molar-refractivity contribution in [3.8, 4) is 0 Å². The lowest BCUT2D eigenvalue weighted by atomic mass is 10.1. The summed E-state index contributed by atoms with van der Waals surface area (Å²) in [4.78, 5) is 51.9. The Balaban J connectivity index is 1.64. The molecule has 0 unspecified atom stereocenters. The van der Waals surface area contributed by atoms with Crippen molar-refractivity contribution < 1.29 is 19.5 Å². The number of carbonyl (C=O) groups is 3. The number of piperidine rings is 2. The number of rotatable bonds is 7. The first kappa shape index (κ1) is 23.5. The number of hydrogen-bond acceptors (Lipinski definition) is 8. The van der Waals surface area contributed by atoms with Crippen LogP contribution in [-0.2, 0) is 9.59 Å². The lowest BCUT2D eigenvalue weighted by molar-refractivity contribution is -0.137. The van der Waals surface area contributed by atoms with Gasteiger partial charge < -0.3 is 14.9 Å². The number of carbonyl (C=O) groups excluding carboxylic acids is 2. The highest BCUT2D eigenvalue weighted by Crippen LogP contribution is 2.36. The highest BCUT2D eigenvalue weighted by atomic mass is 32.2. The molecule has 0 atom stereocenters. The van der Waals surface area contributed by atoms with Gasteiger partial charge >= 0.3 is 5.97 Å². The minimum atomic E-state index is -0.940. The summed E-state index contributed by atoms with van der Waals surface area (Å²) >= 11 is 0.898. The summed E-state index contributed by atoms with van der Waals surface area (Å²) in [6.45, 7) is 5.77. The molecule has 0 aromatic carbocycles. The maximum absolute atomic E-state index is 12.9. The van der Waals surface area contributed by atoms with Gasteiger partial charge in [-0.05, 0) is 69.7 Å². The summed E-state index contributed by atoms with van der Waals surface area (Å²) in [7, 11) is 0. The molecule has 2 amide bonds. The zero-order valence-corrected chi connectivity index (χ0v) is 19.9. The van der Waals surface area contributed by atoms with Crippen LogP contribution >= 0.6 is 11.8 Å². The van der Waals surface area contributed by atoms with Gasteiger partial charge in [-0.25, -0.2) is 4.98 Å². The second kappa shape index (κ2) is 10.5. The number of carboxylic acids is 1. The third kappa shape index (κ3) is 5.48. The summed E-state index contributed by atoms with van der Waals surface area (Å²) < 4.78 is 0. The van der Waals surface area contributed by atoms with Gasteiger partial charge in [-0.3, -0.25) is 19.3 Å². The predicted molar refractivity (Wildman–Crippen MR) is 128 cm³/mol. The summed E-state index contributed by atoms with van der Waals surface area (Å²) in [6, 6.07) is 0. The van der Waals surface area contributed by atoms with Crippen LogP contribution in [0.15, 0.2) is 4.91 Å². The van der Waals surface area contributed by atoms with E-state index in [1.807, 2.05) is 6.92 Å². The first-order valence-corrected chi connectivity index (χ1v) is 12.6. The standard InChI is InChI=1S/C23H31N5O4S/c1-16-17(15-18-21(31)28(23(32)33-18)14-8-9-19(29)30)20(26-10-4-2-5-11-26)25-22(24-16)27-12-6-3-7-13-27/h15H,2-14H2,1H3,(H,29,30). The van der Waals surface area contributed by atoms with E-state index in [0.29, 0.717) is 4.91 Å². The van der Waals surface area contributed by atoms with Gasteiger partial charge in [-0.2, -0.15) is 4.98 Å². The summed E-state index contributed by atoms with van der Waals surface area (Å²) in [5.41, 5.74) is 1.58. The van der Waals surface area contributed by atoms with Gasteiger partial charge in [0.25, 0.3) is 11.1 Å². The van der Waals surface area contributed by atoms with E-state index in [0.717, 1.165) is 91.5 Å². The molecule has 1 aromatic rings. The molecule has 4 heterocycles. The fraction of sp³-hybridized carbons (Fsp3) is 0.609. The molecule has 0 spiro atoms. The number of hydrogen-bond donors (Lipinski definition) is 1. The van der Waals surface area contributed by atoms with Crippen LogP contribution in [0.25, 0.3) is 6.08 Å². The fourth-order valence-electron chi connectivity index (χ4n) is 4.52. The molecule has 3 aliphatic rings. The molecular formula is C23H31N5O4S. The van der Waals surface area contributed by atoms with E-state index in [2.05, 4.69) is 9.80 Å². The van der Waals surface area contributed by atoms with E-state index in [1.165, 1.54) is 12.8 Å². The first-order chi connectivity index (χ1) is 15.9. The van der Waals surface area contributed by atoms with Crippen molar-refractivity contribution in [3.05, 3.63) is 16.2 Å². The van der Waals surface area contributed by atoms with Crippen LogP contribution in [0.5, 0.6) is 0 Å². The van der Waals surface area contributed by atoms with Crippen molar-refractivity contribution in [2.24, 2.45) is 0 Å². The number of nitrogens with zero attached hydrogens (tertiary/aromatic N) is 5. The van der Waals surface area contributed by atoms with E-state index in [1.54, 1.807) is 6.08 Å². The van der Waals surface area contributed by atoms with Crippen molar-refractivity contribution >= 4 is 46.7 Å². The number of anilines is 2. The molecule has 178 valence electrons. The number of carboxylic acid groups (broad SMARTS) is 1. The average molecular weight is 474 g/mol. The average Bonchev–Trinajstić information content (AvgIpc) is 3.08. The van der Waals surface area contributed by atoms with E-state index >= 15 is 0 Å². The van der Waals surface area contributed by atoms with Crippen LogP contribution in [0.4, 0.5) is 16.6 Å². The molecule has 3 saturated heterocycles. The van der Waals surface area contributed by atoms with Crippen molar-refractivity contribution in [1.82, 2.24) is 14.9 Å². The van der Waals surface area contributed by atoms with Gasteiger partial charge in [0.2, 0.25) is 5.95 Å². The second-order valence-corrected chi connectivity index (χ2v) is 9.77. The predicted octanol–water partition coefficient (Wildman–Crippen LogP) is 3.67. The molecular weight excluding hydrogens is 442 g/mol. The molecule has 10 heteroatoms. The van der Waals surface area contributed by atoms with Crippen LogP contribution < -0.4 is 9.80 Å². The minimum Gasteiger partial charge on any atom is -0.481 e. The lowest BCUT2D eigenvalue weighted by Gasteiger charge is -2.32. The third-order valence-corrected chi connectivity index (χ3v) is 7.23. The van der Waals surface area contributed by atoms with Crippen LogP contribution in [0, 0.1) is 6.92 Å². The van der Waals surface area contributed by atoms with Crippen LogP contribution in [0.1, 0.15) is 62.6 Å². The minimum absolute atomic E-state index is 0.0786.